The van der Waals surface area contributed by atoms with Crippen molar-refractivity contribution in [1.82, 2.24) is 9.97 Å². The first-order valence-electron chi connectivity index (χ1n) is 10.9. The zero-order chi connectivity index (χ0) is 25.7. The van der Waals surface area contributed by atoms with Gasteiger partial charge in [0.05, 0.1) is 10.9 Å². The summed E-state index contributed by atoms with van der Waals surface area (Å²) in [5, 5.41) is 5.72. The molecule has 0 aliphatic rings. The van der Waals surface area contributed by atoms with Crippen molar-refractivity contribution in [2.75, 3.05) is 10.6 Å². The fraction of sp³-hybridized carbons (Fsp3) is 0.200. The molecule has 4 rings (SSSR count). The first kappa shape index (κ1) is 25.0. The molecule has 0 aliphatic heterocycles. The number of ether oxygens (including phenoxy) is 1. The van der Waals surface area contributed by atoms with E-state index in [4.69, 9.17) is 4.74 Å². The number of halogens is 5. The summed E-state index contributed by atoms with van der Waals surface area (Å²) >= 11 is 0. The van der Waals surface area contributed by atoms with Crippen molar-refractivity contribution in [3.63, 3.8) is 0 Å². The summed E-state index contributed by atoms with van der Waals surface area (Å²) in [5.41, 5.74) is 0.193. The van der Waals surface area contributed by atoms with Gasteiger partial charge in [-0.2, -0.15) is 13.2 Å². The monoisotopic (exact) mass is 504 g/mol. The maximum Gasteiger partial charge on any atom is 0.416 e. The number of aromatic nitrogens is 2. The number of hydrogen-bond acceptors (Lipinski definition) is 3. The van der Waals surface area contributed by atoms with Crippen LogP contribution in [-0.2, 0) is 12.6 Å². The summed E-state index contributed by atoms with van der Waals surface area (Å²) in [4.78, 5) is 19.6. The van der Waals surface area contributed by atoms with Gasteiger partial charge in [-0.15, -0.1) is 0 Å². The van der Waals surface area contributed by atoms with E-state index in [1.165, 1.54) is 6.07 Å². The number of aromatic amines is 1. The van der Waals surface area contributed by atoms with Gasteiger partial charge in [0, 0.05) is 30.2 Å². The number of nitrogens with zero attached hydrogens (tertiary/aromatic N) is 1. The van der Waals surface area contributed by atoms with Gasteiger partial charge in [-0.1, -0.05) is 0 Å². The van der Waals surface area contributed by atoms with Gasteiger partial charge in [-0.25, -0.2) is 18.6 Å². The molecule has 0 fully saturated rings. The van der Waals surface area contributed by atoms with Crippen molar-refractivity contribution in [2.45, 2.75) is 31.9 Å². The number of aryl methyl sites for hydroxylation is 1. The van der Waals surface area contributed by atoms with Crippen LogP contribution in [0, 0.1) is 0 Å². The van der Waals surface area contributed by atoms with Crippen molar-refractivity contribution in [3.8, 4) is 11.5 Å². The van der Waals surface area contributed by atoms with E-state index in [0.717, 1.165) is 17.5 Å². The number of pyridine rings is 1. The van der Waals surface area contributed by atoms with Gasteiger partial charge in [0.2, 0.25) is 6.43 Å². The number of benzene rings is 2. The molecule has 0 unspecified atom stereocenters. The number of rotatable bonds is 8. The van der Waals surface area contributed by atoms with E-state index >= 15 is 0 Å². The topological polar surface area (TPSA) is 79.0 Å². The molecule has 4 aromatic rings. The highest BCUT2D eigenvalue weighted by Crippen LogP contribution is 2.33. The molecule has 0 atom stereocenters. The number of amides is 2. The molecule has 0 spiro atoms. The second kappa shape index (κ2) is 10.6. The van der Waals surface area contributed by atoms with Crippen LogP contribution in [0.3, 0.4) is 0 Å². The molecule has 11 heteroatoms. The number of carbonyl (C=O) groups is 1. The highest BCUT2D eigenvalue weighted by Gasteiger charge is 2.31. The lowest BCUT2D eigenvalue weighted by molar-refractivity contribution is -0.137. The Hall–Kier alpha value is -4.15. The van der Waals surface area contributed by atoms with Crippen molar-refractivity contribution in [2.24, 2.45) is 0 Å². The number of hydrogen-bond donors (Lipinski definition) is 3. The maximum atomic E-state index is 13.3. The molecule has 188 valence electrons. The Morgan fingerprint density at radius 3 is 2.47 bits per heavy atom. The molecule has 0 aliphatic carbocycles. The standard InChI is InChI=1S/C25H21F5N4O2/c26-22(27)3-1-2-15-12-16(25(28,29)30)14-18(13-15)34-24(35)33-17-4-6-19(7-5-17)36-21-9-11-32-23-20(21)8-10-31-23/h4-14,22H,1-3H2,(H,31,32)(H2,33,34,35). The molecule has 2 heterocycles. The summed E-state index contributed by atoms with van der Waals surface area (Å²) in [6.07, 6.45) is -4.21. The fourth-order valence-corrected chi connectivity index (χ4v) is 3.58. The highest BCUT2D eigenvalue weighted by molar-refractivity contribution is 5.99. The lowest BCUT2D eigenvalue weighted by Gasteiger charge is -2.14. The van der Waals surface area contributed by atoms with Crippen LogP contribution in [0.5, 0.6) is 11.5 Å². The van der Waals surface area contributed by atoms with Gasteiger partial charge in [0.25, 0.3) is 0 Å². The van der Waals surface area contributed by atoms with Crippen molar-refractivity contribution < 1.29 is 31.5 Å². The van der Waals surface area contributed by atoms with Crippen LogP contribution in [0.2, 0.25) is 0 Å². The molecule has 2 aromatic carbocycles. The zero-order valence-electron chi connectivity index (χ0n) is 18.7. The van der Waals surface area contributed by atoms with Gasteiger partial charge in [0.15, 0.2) is 0 Å². The smallest absolute Gasteiger partial charge is 0.416 e. The molecule has 0 saturated heterocycles. The van der Waals surface area contributed by atoms with Crippen LogP contribution in [-0.4, -0.2) is 22.4 Å². The first-order chi connectivity index (χ1) is 17.2. The van der Waals surface area contributed by atoms with Crippen LogP contribution >= 0.6 is 0 Å². The summed E-state index contributed by atoms with van der Waals surface area (Å²) < 4.78 is 70.5. The zero-order valence-corrected chi connectivity index (χ0v) is 18.7. The Balaban J connectivity index is 1.41. The number of urea groups is 1. The minimum atomic E-state index is -4.65. The van der Waals surface area contributed by atoms with Crippen LogP contribution in [0.15, 0.2) is 67.0 Å². The number of fused-ring (bicyclic) bond motifs is 1. The Labute approximate surface area is 202 Å². The van der Waals surface area contributed by atoms with Crippen LogP contribution in [0.1, 0.15) is 24.0 Å². The maximum absolute atomic E-state index is 13.3. The number of nitrogens with one attached hydrogen (secondary N) is 3. The molecular weight excluding hydrogens is 483 g/mol. The van der Waals surface area contributed by atoms with Gasteiger partial charge in [-0.3, -0.25) is 0 Å². The molecular formula is C25H21F5N4O2. The quantitative estimate of drug-likeness (QED) is 0.216. The Kier molecular flexibility index (Phi) is 7.37. The van der Waals surface area contributed by atoms with E-state index in [9.17, 15) is 26.7 Å². The third-order valence-corrected chi connectivity index (χ3v) is 5.23. The van der Waals surface area contributed by atoms with E-state index in [0.29, 0.717) is 22.8 Å². The molecule has 6 nitrogen and oxygen atoms in total. The van der Waals surface area contributed by atoms with Crippen molar-refractivity contribution in [1.29, 1.82) is 0 Å². The van der Waals surface area contributed by atoms with Gasteiger partial charge < -0.3 is 20.4 Å². The second-order valence-corrected chi connectivity index (χ2v) is 7.95. The van der Waals surface area contributed by atoms with E-state index in [-0.39, 0.29) is 24.1 Å². The van der Waals surface area contributed by atoms with E-state index in [1.807, 2.05) is 6.07 Å². The molecule has 0 bridgehead atoms. The lowest BCUT2D eigenvalue weighted by Crippen LogP contribution is -2.20. The summed E-state index contributed by atoms with van der Waals surface area (Å²) in [6, 6.07) is 12.2. The normalized spacial score (nSPS) is 11.6. The fourth-order valence-electron chi connectivity index (χ4n) is 3.58. The minimum absolute atomic E-state index is 0.0220. The predicted molar refractivity (Wildman–Crippen MR) is 126 cm³/mol. The molecule has 0 radical (unpaired) electrons. The number of H-pyrrole nitrogens is 1. The Bertz CT molecular complexity index is 1340. The first-order valence-corrected chi connectivity index (χ1v) is 10.9. The summed E-state index contributed by atoms with van der Waals surface area (Å²) in [6.45, 7) is 0. The molecule has 3 N–H and O–H groups in total. The minimum Gasteiger partial charge on any atom is -0.457 e. The number of anilines is 2. The van der Waals surface area contributed by atoms with Crippen LogP contribution in [0.4, 0.5) is 38.1 Å². The Morgan fingerprint density at radius 2 is 1.75 bits per heavy atom. The largest absolute Gasteiger partial charge is 0.457 e. The van der Waals surface area contributed by atoms with Gasteiger partial charge >= 0.3 is 12.2 Å². The van der Waals surface area contributed by atoms with Crippen molar-refractivity contribution in [3.05, 3.63) is 78.1 Å². The average molecular weight is 504 g/mol. The Morgan fingerprint density at radius 1 is 1.00 bits per heavy atom. The molecule has 36 heavy (non-hydrogen) atoms. The summed E-state index contributed by atoms with van der Waals surface area (Å²) in [5.74, 6) is 1.09. The molecule has 0 saturated carbocycles. The molecule has 2 aromatic heterocycles. The highest BCUT2D eigenvalue weighted by atomic mass is 19.4. The van der Waals surface area contributed by atoms with E-state index < -0.39 is 30.6 Å². The predicted octanol–water partition coefficient (Wildman–Crippen LogP) is 7.61. The van der Waals surface area contributed by atoms with E-state index in [1.54, 1.807) is 42.7 Å². The van der Waals surface area contributed by atoms with Gasteiger partial charge in [0.1, 0.15) is 17.1 Å². The molecule has 2 amide bonds. The number of alkyl halides is 5. The number of carbonyl (C=O) groups excluding carboxylic acids is 1. The third-order valence-electron chi connectivity index (χ3n) is 5.23. The van der Waals surface area contributed by atoms with Crippen LogP contribution < -0.4 is 15.4 Å². The van der Waals surface area contributed by atoms with Crippen LogP contribution in [0.25, 0.3) is 11.0 Å². The average Bonchev–Trinajstić information content (AvgIpc) is 3.29. The second-order valence-electron chi connectivity index (χ2n) is 7.95. The summed E-state index contributed by atoms with van der Waals surface area (Å²) in [7, 11) is 0. The van der Waals surface area contributed by atoms with E-state index in [2.05, 4.69) is 20.6 Å². The SMILES string of the molecule is O=C(Nc1ccc(Oc2ccnc3[nH]ccc23)cc1)Nc1cc(CCCC(F)F)cc(C(F)(F)F)c1. The third kappa shape index (κ3) is 6.49. The lowest BCUT2D eigenvalue weighted by atomic mass is 10.0. The van der Waals surface area contributed by atoms with Gasteiger partial charge in [-0.05, 0) is 73.0 Å². The van der Waals surface area contributed by atoms with Crippen molar-refractivity contribution >= 4 is 28.4 Å².